The number of nitrogens with zero attached hydrogens (tertiary/aromatic N) is 2. The molecule has 2 rings (SSSR count). The number of hydrogen-bond donors (Lipinski definition) is 2. The maximum Gasteiger partial charge on any atom is 0.144 e. The van der Waals surface area contributed by atoms with Gasteiger partial charge in [-0.15, -0.1) is 6.58 Å². The monoisotopic (exact) mass is 275 g/mol. The summed E-state index contributed by atoms with van der Waals surface area (Å²) in [5.74, 6) is -0.940. The molecule has 20 heavy (non-hydrogen) atoms. The average Bonchev–Trinajstić information content (AvgIpc) is 2.47. The molecule has 0 radical (unpaired) electrons. The first-order valence-electron chi connectivity index (χ1n) is 6.66. The van der Waals surface area contributed by atoms with Gasteiger partial charge in [0.25, 0.3) is 0 Å². The molecule has 1 aromatic rings. The molecule has 106 valence electrons. The lowest BCUT2D eigenvalue weighted by Crippen LogP contribution is -2.45. The minimum Gasteiger partial charge on any atom is -0.506 e. The van der Waals surface area contributed by atoms with Crippen LogP contribution >= 0.6 is 0 Å². The van der Waals surface area contributed by atoms with E-state index in [0.29, 0.717) is 12.0 Å². The molecule has 1 atom stereocenters. The summed E-state index contributed by atoms with van der Waals surface area (Å²) in [4.78, 5) is 2.21. The first-order valence-corrected chi connectivity index (χ1v) is 6.66. The van der Waals surface area contributed by atoms with Crippen molar-refractivity contribution in [2.75, 3.05) is 26.2 Å². The number of piperazine rings is 1. The zero-order chi connectivity index (χ0) is 14.5. The number of phenolic OH excluding ortho intramolecular Hbond substituents is 1. The molecule has 4 nitrogen and oxygen atoms in total. The van der Waals surface area contributed by atoms with Crippen molar-refractivity contribution in [1.29, 1.82) is 5.26 Å². The van der Waals surface area contributed by atoms with Crippen LogP contribution in [0.25, 0.3) is 0 Å². The second-order valence-corrected chi connectivity index (χ2v) is 4.80. The second-order valence-electron chi connectivity index (χ2n) is 4.80. The van der Waals surface area contributed by atoms with Crippen LogP contribution in [0, 0.1) is 17.1 Å². The van der Waals surface area contributed by atoms with E-state index in [4.69, 9.17) is 5.26 Å². The largest absolute Gasteiger partial charge is 0.506 e. The number of benzene rings is 1. The Hall–Kier alpha value is -1.90. The molecule has 1 aliphatic heterocycles. The molecule has 1 saturated heterocycles. The molecule has 0 aromatic heterocycles. The van der Waals surface area contributed by atoms with Gasteiger partial charge in [-0.2, -0.15) is 5.26 Å². The van der Waals surface area contributed by atoms with Gasteiger partial charge in [0.05, 0.1) is 0 Å². The van der Waals surface area contributed by atoms with Crippen molar-refractivity contribution in [1.82, 2.24) is 10.2 Å². The Labute approximate surface area is 118 Å². The number of halogens is 1. The summed E-state index contributed by atoms with van der Waals surface area (Å²) in [5, 5.41) is 22.4. The smallest absolute Gasteiger partial charge is 0.144 e. The minimum absolute atomic E-state index is 0.0812. The zero-order valence-electron chi connectivity index (χ0n) is 11.3. The van der Waals surface area contributed by atoms with Crippen LogP contribution in [-0.2, 0) is 0 Å². The third kappa shape index (κ3) is 2.82. The van der Waals surface area contributed by atoms with Crippen LogP contribution < -0.4 is 5.32 Å². The van der Waals surface area contributed by atoms with Crippen LogP contribution in [0.4, 0.5) is 4.39 Å². The summed E-state index contributed by atoms with van der Waals surface area (Å²) in [6.07, 6.45) is 2.42. The first kappa shape index (κ1) is 14.5. The van der Waals surface area contributed by atoms with Gasteiger partial charge >= 0.3 is 0 Å². The normalized spacial score (nSPS) is 17.4. The number of rotatable bonds is 4. The molecular weight excluding hydrogens is 257 g/mol. The van der Waals surface area contributed by atoms with Crippen LogP contribution in [0.15, 0.2) is 24.8 Å². The molecule has 1 heterocycles. The van der Waals surface area contributed by atoms with Gasteiger partial charge in [0.2, 0.25) is 0 Å². The fourth-order valence-electron chi connectivity index (χ4n) is 2.58. The van der Waals surface area contributed by atoms with Crippen LogP contribution in [0.5, 0.6) is 5.75 Å². The van der Waals surface area contributed by atoms with Crippen LogP contribution in [0.1, 0.15) is 23.6 Å². The highest BCUT2D eigenvalue weighted by atomic mass is 19.1. The Kier molecular flexibility index (Phi) is 4.72. The molecule has 0 amide bonds. The van der Waals surface area contributed by atoms with Crippen molar-refractivity contribution in [3.8, 4) is 11.8 Å². The maximum atomic E-state index is 13.5. The molecule has 0 aliphatic carbocycles. The highest BCUT2D eigenvalue weighted by molar-refractivity contribution is 5.49. The van der Waals surface area contributed by atoms with Gasteiger partial charge in [-0.25, -0.2) is 4.39 Å². The molecule has 1 aliphatic rings. The molecular formula is C15H18FN3O. The van der Waals surface area contributed by atoms with Gasteiger partial charge in [-0.1, -0.05) is 12.1 Å². The third-order valence-corrected chi connectivity index (χ3v) is 3.61. The zero-order valence-corrected chi connectivity index (χ0v) is 11.3. The highest BCUT2D eigenvalue weighted by Gasteiger charge is 2.25. The maximum absolute atomic E-state index is 13.5. The number of hydrogen-bond acceptors (Lipinski definition) is 4. The third-order valence-electron chi connectivity index (χ3n) is 3.61. The molecule has 2 N–H and O–H groups in total. The van der Waals surface area contributed by atoms with Crippen LogP contribution in [0.2, 0.25) is 0 Å². The Morgan fingerprint density at radius 2 is 2.20 bits per heavy atom. The topological polar surface area (TPSA) is 59.3 Å². The van der Waals surface area contributed by atoms with Gasteiger partial charge in [0.1, 0.15) is 23.2 Å². The van der Waals surface area contributed by atoms with Crippen molar-refractivity contribution in [2.45, 2.75) is 12.5 Å². The van der Waals surface area contributed by atoms with Crippen LogP contribution in [-0.4, -0.2) is 36.2 Å². The lowest BCUT2D eigenvalue weighted by atomic mass is 9.97. The predicted molar refractivity (Wildman–Crippen MR) is 74.8 cm³/mol. The van der Waals surface area contributed by atoms with Crippen molar-refractivity contribution >= 4 is 0 Å². The molecule has 5 heteroatoms. The molecule has 0 saturated carbocycles. The molecule has 1 aromatic carbocycles. The molecule has 0 spiro atoms. The fraction of sp³-hybridized carbons (Fsp3) is 0.400. The first-order chi connectivity index (χ1) is 9.69. The molecule has 1 fully saturated rings. The summed E-state index contributed by atoms with van der Waals surface area (Å²) < 4.78 is 13.5. The summed E-state index contributed by atoms with van der Waals surface area (Å²) in [7, 11) is 0. The van der Waals surface area contributed by atoms with E-state index in [1.807, 2.05) is 0 Å². The van der Waals surface area contributed by atoms with Gasteiger partial charge in [0, 0.05) is 37.8 Å². The second kappa shape index (κ2) is 6.51. The van der Waals surface area contributed by atoms with Gasteiger partial charge < -0.3 is 10.4 Å². The van der Waals surface area contributed by atoms with E-state index in [1.165, 1.54) is 6.07 Å². The van der Waals surface area contributed by atoms with E-state index in [-0.39, 0.29) is 17.4 Å². The quantitative estimate of drug-likeness (QED) is 0.824. The number of nitrogens with one attached hydrogen (secondary N) is 1. The lowest BCUT2D eigenvalue weighted by molar-refractivity contribution is 0.172. The SMILES string of the molecule is C=CC[C@H](c1ccc(F)c(C#N)c1O)N1CCNCC1. The molecule has 0 bridgehead atoms. The number of nitriles is 1. The fourth-order valence-corrected chi connectivity index (χ4v) is 2.58. The van der Waals surface area contributed by atoms with Crippen molar-refractivity contribution < 1.29 is 9.50 Å². The standard InChI is InChI=1S/C15H18FN3O/c1-2-3-14(19-8-6-18-7-9-19)11-4-5-13(16)12(10-17)15(11)20/h2,4-5,14,18,20H,1,3,6-9H2/t14-/m1/s1. The van der Waals surface area contributed by atoms with Crippen molar-refractivity contribution in [3.63, 3.8) is 0 Å². The van der Waals surface area contributed by atoms with E-state index in [9.17, 15) is 9.50 Å². The minimum atomic E-state index is -0.689. The van der Waals surface area contributed by atoms with E-state index >= 15 is 0 Å². The Morgan fingerprint density at radius 3 is 2.80 bits per heavy atom. The van der Waals surface area contributed by atoms with Gasteiger partial charge in [0.15, 0.2) is 0 Å². The lowest BCUT2D eigenvalue weighted by Gasteiger charge is -2.35. The number of aromatic hydroxyl groups is 1. The Bertz CT molecular complexity index is 533. The Balaban J connectivity index is 2.39. The predicted octanol–water partition coefficient (Wildman–Crippen LogP) is 1.93. The summed E-state index contributed by atoms with van der Waals surface area (Å²) in [6.45, 7) is 7.19. The van der Waals surface area contributed by atoms with Crippen LogP contribution in [0.3, 0.4) is 0 Å². The van der Waals surface area contributed by atoms with E-state index in [1.54, 1.807) is 18.2 Å². The highest BCUT2D eigenvalue weighted by Crippen LogP contribution is 2.34. The van der Waals surface area contributed by atoms with E-state index < -0.39 is 5.82 Å². The molecule has 0 unspecified atom stereocenters. The average molecular weight is 275 g/mol. The van der Waals surface area contributed by atoms with Gasteiger partial charge in [-0.05, 0) is 12.5 Å². The van der Waals surface area contributed by atoms with Crippen molar-refractivity contribution in [2.24, 2.45) is 0 Å². The van der Waals surface area contributed by atoms with Gasteiger partial charge in [-0.3, -0.25) is 4.90 Å². The van der Waals surface area contributed by atoms with E-state index in [0.717, 1.165) is 26.2 Å². The summed E-state index contributed by atoms with van der Waals surface area (Å²) in [5.41, 5.74) is 0.302. The summed E-state index contributed by atoms with van der Waals surface area (Å²) >= 11 is 0. The van der Waals surface area contributed by atoms with E-state index in [2.05, 4.69) is 16.8 Å². The summed E-state index contributed by atoms with van der Waals surface area (Å²) in [6, 6.07) is 4.44. The Morgan fingerprint density at radius 1 is 1.50 bits per heavy atom. The van der Waals surface area contributed by atoms with Crippen molar-refractivity contribution in [3.05, 3.63) is 41.7 Å². The number of phenols is 1.